The molecule has 0 saturated heterocycles. The van der Waals surface area contributed by atoms with Crippen LogP contribution in [0.4, 0.5) is 0 Å². The Kier molecular flexibility index (Phi) is 9.01. The minimum absolute atomic E-state index is 0.330. The highest BCUT2D eigenvalue weighted by molar-refractivity contribution is 7.80. The standard InChI is InChI=1S/C32H31NO2S/c1-2-35-32(34)22-19-28-18-17-27-15-9-10-16-29(27)30(28)20-21-31(36)33(23-25-11-5-3-6-12-25)24-26-13-7-4-8-14-26/h3-19,22H,2,20-21,23-24H2,1H3/b22-19-. The summed E-state index contributed by atoms with van der Waals surface area (Å²) in [5.74, 6) is -0.330. The Morgan fingerprint density at radius 3 is 2.08 bits per heavy atom. The van der Waals surface area contributed by atoms with Crippen molar-refractivity contribution in [3.8, 4) is 0 Å². The summed E-state index contributed by atoms with van der Waals surface area (Å²) in [6, 6.07) is 33.4. The second-order valence-corrected chi connectivity index (χ2v) is 9.13. The Labute approximate surface area is 219 Å². The zero-order valence-corrected chi connectivity index (χ0v) is 21.4. The molecular weight excluding hydrogens is 462 g/mol. The maximum absolute atomic E-state index is 12.0. The lowest BCUT2D eigenvalue weighted by molar-refractivity contribution is -0.137. The first-order chi connectivity index (χ1) is 17.6. The predicted octanol–water partition coefficient (Wildman–Crippen LogP) is 7.38. The van der Waals surface area contributed by atoms with E-state index in [1.54, 1.807) is 0 Å². The van der Waals surface area contributed by atoms with Crippen LogP contribution in [0.3, 0.4) is 0 Å². The van der Waals surface area contributed by atoms with E-state index < -0.39 is 0 Å². The number of esters is 1. The Morgan fingerprint density at radius 2 is 1.44 bits per heavy atom. The number of carbonyl (C=O) groups is 1. The van der Waals surface area contributed by atoms with Crippen LogP contribution in [0.1, 0.15) is 35.6 Å². The zero-order chi connectivity index (χ0) is 25.2. The van der Waals surface area contributed by atoms with Gasteiger partial charge in [-0.25, -0.2) is 4.79 Å². The molecular formula is C32H31NO2S. The SMILES string of the molecule is CCOC(=O)/C=C\c1ccc2ccccc2c1CCC(=S)N(Cc1ccccc1)Cc1ccccc1. The van der Waals surface area contributed by atoms with E-state index in [1.807, 2.05) is 31.2 Å². The van der Waals surface area contributed by atoms with E-state index in [0.717, 1.165) is 36.5 Å². The van der Waals surface area contributed by atoms with Gasteiger partial charge in [-0.15, -0.1) is 0 Å². The first kappa shape index (κ1) is 25.3. The van der Waals surface area contributed by atoms with Crippen molar-refractivity contribution in [1.82, 2.24) is 4.90 Å². The summed E-state index contributed by atoms with van der Waals surface area (Å²) in [4.78, 5) is 15.2. The van der Waals surface area contributed by atoms with Gasteiger partial charge in [-0.2, -0.15) is 0 Å². The average molecular weight is 494 g/mol. The molecule has 4 heteroatoms. The molecule has 0 radical (unpaired) electrons. The number of hydrogen-bond donors (Lipinski definition) is 0. The third kappa shape index (κ3) is 6.89. The van der Waals surface area contributed by atoms with E-state index in [1.165, 1.54) is 33.5 Å². The largest absolute Gasteiger partial charge is 0.463 e. The molecule has 0 bridgehead atoms. The van der Waals surface area contributed by atoms with Crippen LogP contribution in [0.25, 0.3) is 16.8 Å². The number of nitrogens with zero attached hydrogens (tertiary/aromatic N) is 1. The van der Waals surface area contributed by atoms with Crippen molar-refractivity contribution in [2.24, 2.45) is 0 Å². The Hall–Kier alpha value is -3.76. The maximum Gasteiger partial charge on any atom is 0.330 e. The van der Waals surface area contributed by atoms with E-state index in [0.29, 0.717) is 6.61 Å². The fourth-order valence-electron chi connectivity index (χ4n) is 4.37. The lowest BCUT2D eigenvalue weighted by Gasteiger charge is -2.26. The quantitative estimate of drug-likeness (QED) is 0.131. The van der Waals surface area contributed by atoms with Gasteiger partial charge in [0, 0.05) is 25.6 Å². The van der Waals surface area contributed by atoms with Gasteiger partial charge in [-0.1, -0.05) is 109 Å². The fourth-order valence-corrected chi connectivity index (χ4v) is 4.60. The van der Waals surface area contributed by atoms with Gasteiger partial charge in [0.2, 0.25) is 0 Å². The van der Waals surface area contributed by atoms with Crippen LogP contribution >= 0.6 is 12.2 Å². The minimum Gasteiger partial charge on any atom is -0.463 e. The van der Waals surface area contributed by atoms with E-state index in [2.05, 4.69) is 83.8 Å². The number of fused-ring (bicyclic) bond motifs is 1. The highest BCUT2D eigenvalue weighted by atomic mass is 32.1. The molecule has 0 aliphatic heterocycles. The molecule has 0 aliphatic carbocycles. The molecule has 0 fully saturated rings. The van der Waals surface area contributed by atoms with Crippen LogP contribution in [-0.4, -0.2) is 22.5 Å². The second kappa shape index (κ2) is 12.8. The van der Waals surface area contributed by atoms with Gasteiger partial charge in [0.05, 0.1) is 11.6 Å². The number of thiocarbonyl (C=S) groups is 1. The molecule has 4 aromatic carbocycles. The number of aryl methyl sites for hydroxylation is 1. The lowest BCUT2D eigenvalue weighted by Crippen LogP contribution is -2.29. The van der Waals surface area contributed by atoms with Gasteiger partial charge >= 0.3 is 5.97 Å². The Balaban J connectivity index is 1.58. The summed E-state index contributed by atoms with van der Waals surface area (Å²) in [5.41, 5.74) is 4.68. The van der Waals surface area contributed by atoms with Crippen molar-refractivity contribution in [2.75, 3.05) is 6.61 Å². The number of benzene rings is 4. The molecule has 0 saturated carbocycles. The summed E-state index contributed by atoms with van der Waals surface area (Å²) in [7, 11) is 0. The van der Waals surface area contributed by atoms with Crippen LogP contribution in [-0.2, 0) is 29.0 Å². The van der Waals surface area contributed by atoms with Gasteiger partial charge in [-0.3, -0.25) is 0 Å². The van der Waals surface area contributed by atoms with Crippen molar-refractivity contribution in [3.05, 3.63) is 125 Å². The van der Waals surface area contributed by atoms with Gasteiger partial charge < -0.3 is 9.64 Å². The summed E-state index contributed by atoms with van der Waals surface area (Å²) < 4.78 is 5.08. The minimum atomic E-state index is -0.330. The molecule has 3 nitrogen and oxygen atoms in total. The van der Waals surface area contributed by atoms with E-state index in [-0.39, 0.29) is 5.97 Å². The third-order valence-electron chi connectivity index (χ3n) is 6.14. The van der Waals surface area contributed by atoms with Crippen LogP contribution in [0.15, 0.2) is 103 Å². The average Bonchev–Trinajstić information content (AvgIpc) is 2.91. The van der Waals surface area contributed by atoms with Crippen molar-refractivity contribution in [1.29, 1.82) is 0 Å². The van der Waals surface area contributed by atoms with Crippen LogP contribution < -0.4 is 0 Å². The molecule has 0 unspecified atom stereocenters. The lowest BCUT2D eigenvalue weighted by atomic mass is 9.95. The highest BCUT2D eigenvalue weighted by Gasteiger charge is 2.14. The molecule has 0 spiro atoms. The van der Waals surface area contributed by atoms with Gasteiger partial charge in [0.1, 0.15) is 0 Å². The third-order valence-corrected chi connectivity index (χ3v) is 6.60. The number of hydrogen-bond acceptors (Lipinski definition) is 3. The van der Waals surface area contributed by atoms with Crippen molar-refractivity contribution < 1.29 is 9.53 Å². The summed E-state index contributed by atoms with van der Waals surface area (Å²) in [6.45, 7) is 3.70. The molecule has 0 amide bonds. The van der Waals surface area contributed by atoms with Crippen molar-refractivity contribution >= 4 is 40.0 Å². The molecule has 0 heterocycles. The first-order valence-corrected chi connectivity index (χ1v) is 12.8. The normalized spacial score (nSPS) is 11.0. The van der Waals surface area contributed by atoms with E-state index in [4.69, 9.17) is 17.0 Å². The molecule has 0 atom stereocenters. The van der Waals surface area contributed by atoms with E-state index in [9.17, 15) is 4.79 Å². The van der Waals surface area contributed by atoms with Gasteiger partial charge in [0.25, 0.3) is 0 Å². The van der Waals surface area contributed by atoms with Crippen molar-refractivity contribution in [2.45, 2.75) is 32.9 Å². The highest BCUT2D eigenvalue weighted by Crippen LogP contribution is 2.26. The molecule has 182 valence electrons. The molecule has 0 aromatic heterocycles. The fraction of sp³-hybridized carbons (Fsp3) is 0.188. The first-order valence-electron chi connectivity index (χ1n) is 12.3. The van der Waals surface area contributed by atoms with Crippen molar-refractivity contribution in [3.63, 3.8) is 0 Å². The summed E-state index contributed by atoms with van der Waals surface area (Å²) in [6.07, 6.45) is 4.88. The monoisotopic (exact) mass is 493 g/mol. The zero-order valence-electron chi connectivity index (χ0n) is 20.6. The van der Waals surface area contributed by atoms with Crippen LogP contribution in [0.5, 0.6) is 0 Å². The summed E-state index contributed by atoms with van der Waals surface area (Å²) >= 11 is 6.01. The summed E-state index contributed by atoms with van der Waals surface area (Å²) in [5, 5.41) is 2.36. The number of carbonyl (C=O) groups excluding carboxylic acids is 1. The number of ether oxygens (including phenoxy) is 1. The topological polar surface area (TPSA) is 29.5 Å². The Morgan fingerprint density at radius 1 is 0.833 bits per heavy atom. The molecule has 0 aliphatic rings. The Bertz CT molecular complexity index is 1290. The van der Waals surface area contributed by atoms with E-state index >= 15 is 0 Å². The van der Waals surface area contributed by atoms with Gasteiger partial charge in [-0.05, 0) is 52.4 Å². The molecule has 36 heavy (non-hydrogen) atoms. The number of rotatable bonds is 10. The molecule has 4 rings (SSSR count). The predicted molar refractivity (Wildman–Crippen MR) is 153 cm³/mol. The second-order valence-electron chi connectivity index (χ2n) is 8.66. The van der Waals surface area contributed by atoms with Crippen LogP contribution in [0.2, 0.25) is 0 Å². The molecule has 0 N–H and O–H groups in total. The van der Waals surface area contributed by atoms with Gasteiger partial charge in [0.15, 0.2) is 0 Å². The van der Waals surface area contributed by atoms with Crippen LogP contribution in [0, 0.1) is 0 Å². The smallest absolute Gasteiger partial charge is 0.330 e. The molecule has 4 aromatic rings. The maximum atomic E-state index is 12.0.